The van der Waals surface area contributed by atoms with Gasteiger partial charge in [-0.3, -0.25) is 0 Å². The summed E-state index contributed by atoms with van der Waals surface area (Å²) >= 11 is 0. The zero-order valence-electron chi connectivity index (χ0n) is 20.4. The van der Waals surface area contributed by atoms with Crippen molar-refractivity contribution in [3.8, 4) is 16.9 Å². The van der Waals surface area contributed by atoms with Gasteiger partial charge in [0, 0.05) is 5.56 Å². The molecule has 1 N–H and O–H groups in total. The Kier molecular flexibility index (Phi) is 8.49. The predicted molar refractivity (Wildman–Crippen MR) is 134 cm³/mol. The maximum atomic E-state index is 15.1. The zero-order valence-corrected chi connectivity index (χ0v) is 20.4. The minimum absolute atomic E-state index is 0.0133. The molecule has 3 nitrogen and oxygen atoms in total. The average Bonchev–Trinajstić information content (AvgIpc) is 2.89. The second-order valence-corrected chi connectivity index (χ2v) is 9.28. The summed E-state index contributed by atoms with van der Waals surface area (Å²) in [4.78, 5) is 0. The van der Waals surface area contributed by atoms with Crippen molar-refractivity contribution in [1.29, 1.82) is 0 Å². The summed E-state index contributed by atoms with van der Waals surface area (Å²) in [5.74, 6) is -1.99. The first-order valence-electron chi connectivity index (χ1n) is 12.3. The second kappa shape index (κ2) is 11.8. The lowest BCUT2D eigenvalue weighted by Crippen LogP contribution is -2.21. The summed E-state index contributed by atoms with van der Waals surface area (Å²) in [6.07, 6.45) is 3.73. The molecule has 0 bridgehead atoms. The van der Waals surface area contributed by atoms with Crippen LogP contribution in [0.15, 0.2) is 67.3 Å². The van der Waals surface area contributed by atoms with Crippen LogP contribution >= 0.6 is 0 Å². The van der Waals surface area contributed by atoms with Gasteiger partial charge in [-0.15, -0.1) is 0 Å². The number of aliphatic hydroxyl groups excluding tert-OH is 1. The Morgan fingerprint density at radius 1 is 0.972 bits per heavy atom. The molecule has 0 amide bonds. The maximum Gasteiger partial charge on any atom is 0.166 e. The molecule has 1 fully saturated rings. The Labute approximate surface area is 210 Å². The quantitative estimate of drug-likeness (QED) is 0.310. The van der Waals surface area contributed by atoms with Crippen molar-refractivity contribution in [3.05, 3.63) is 101 Å². The van der Waals surface area contributed by atoms with Crippen LogP contribution in [0.25, 0.3) is 11.1 Å². The highest BCUT2D eigenvalue weighted by Gasteiger charge is 2.27. The molecule has 0 aliphatic heterocycles. The fourth-order valence-electron chi connectivity index (χ4n) is 4.70. The lowest BCUT2D eigenvalue weighted by Gasteiger charge is -2.29. The van der Waals surface area contributed by atoms with Gasteiger partial charge in [-0.25, -0.2) is 13.2 Å². The summed E-state index contributed by atoms with van der Waals surface area (Å²) in [6.45, 7) is 5.72. The molecule has 1 saturated carbocycles. The van der Waals surface area contributed by atoms with E-state index in [0.29, 0.717) is 29.5 Å². The van der Waals surface area contributed by atoms with Crippen LogP contribution in [0.2, 0.25) is 0 Å². The SMILES string of the molecule is C=CCOc1ccc(COC2CCC(c3ccc(-c4ccc(C(C)O)cc4)c(F)c3F)CC2)cc1F. The van der Waals surface area contributed by atoms with E-state index in [9.17, 15) is 13.9 Å². The van der Waals surface area contributed by atoms with Crippen LogP contribution in [0, 0.1) is 17.5 Å². The van der Waals surface area contributed by atoms with Crippen LogP contribution in [0.4, 0.5) is 13.2 Å². The third kappa shape index (κ3) is 6.00. The van der Waals surface area contributed by atoms with Crippen molar-refractivity contribution in [2.45, 2.75) is 57.3 Å². The van der Waals surface area contributed by atoms with Crippen molar-refractivity contribution in [1.82, 2.24) is 0 Å². The van der Waals surface area contributed by atoms with Gasteiger partial charge in [-0.1, -0.05) is 55.1 Å². The zero-order chi connectivity index (χ0) is 25.7. The van der Waals surface area contributed by atoms with E-state index in [4.69, 9.17) is 9.47 Å². The van der Waals surface area contributed by atoms with Crippen LogP contribution in [0.5, 0.6) is 5.75 Å². The van der Waals surface area contributed by atoms with Gasteiger partial charge in [0.15, 0.2) is 23.2 Å². The Morgan fingerprint density at radius 2 is 1.69 bits per heavy atom. The molecule has 36 heavy (non-hydrogen) atoms. The molecular weight excluding hydrogens is 465 g/mol. The van der Waals surface area contributed by atoms with Crippen LogP contribution < -0.4 is 4.74 Å². The van der Waals surface area contributed by atoms with E-state index in [0.717, 1.165) is 18.4 Å². The van der Waals surface area contributed by atoms with E-state index in [-0.39, 0.29) is 36.5 Å². The minimum Gasteiger partial charge on any atom is -0.486 e. The summed E-state index contributed by atoms with van der Waals surface area (Å²) in [5, 5.41) is 9.66. The van der Waals surface area contributed by atoms with Crippen LogP contribution in [0.3, 0.4) is 0 Å². The smallest absolute Gasteiger partial charge is 0.166 e. The van der Waals surface area contributed by atoms with Gasteiger partial charge in [0.2, 0.25) is 0 Å². The average molecular weight is 497 g/mol. The number of ether oxygens (including phenoxy) is 2. The molecule has 0 radical (unpaired) electrons. The Hall–Kier alpha value is -3.09. The topological polar surface area (TPSA) is 38.7 Å². The molecule has 1 atom stereocenters. The van der Waals surface area contributed by atoms with Crippen molar-refractivity contribution >= 4 is 0 Å². The number of aliphatic hydroxyl groups is 1. The molecule has 0 saturated heterocycles. The van der Waals surface area contributed by atoms with E-state index in [1.54, 1.807) is 61.5 Å². The largest absolute Gasteiger partial charge is 0.486 e. The summed E-state index contributed by atoms with van der Waals surface area (Å²) in [6, 6.07) is 14.9. The second-order valence-electron chi connectivity index (χ2n) is 9.28. The highest BCUT2D eigenvalue weighted by Crippen LogP contribution is 2.38. The van der Waals surface area contributed by atoms with Crippen molar-refractivity contribution < 1.29 is 27.8 Å². The molecule has 1 unspecified atom stereocenters. The molecule has 1 aliphatic rings. The van der Waals surface area contributed by atoms with Gasteiger partial charge >= 0.3 is 0 Å². The van der Waals surface area contributed by atoms with Crippen LogP contribution in [-0.2, 0) is 11.3 Å². The number of benzene rings is 3. The van der Waals surface area contributed by atoms with Crippen LogP contribution in [0.1, 0.15) is 61.3 Å². The first-order valence-corrected chi connectivity index (χ1v) is 12.3. The molecule has 3 aromatic rings. The molecule has 1 aliphatic carbocycles. The van der Waals surface area contributed by atoms with E-state index in [2.05, 4.69) is 6.58 Å². The van der Waals surface area contributed by atoms with Gasteiger partial charge in [-0.05, 0) is 72.9 Å². The van der Waals surface area contributed by atoms with Crippen molar-refractivity contribution in [2.75, 3.05) is 6.61 Å². The van der Waals surface area contributed by atoms with E-state index in [1.165, 1.54) is 6.07 Å². The fourth-order valence-corrected chi connectivity index (χ4v) is 4.70. The number of rotatable bonds is 9. The van der Waals surface area contributed by atoms with E-state index < -0.39 is 23.6 Å². The molecule has 6 heteroatoms. The first-order chi connectivity index (χ1) is 17.4. The maximum absolute atomic E-state index is 15.1. The molecular formula is C30H31F3O3. The number of halogens is 3. The molecule has 4 rings (SSSR count). The molecule has 0 spiro atoms. The fraction of sp³-hybridized carbons (Fsp3) is 0.333. The molecule has 190 valence electrons. The first kappa shape index (κ1) is 26.0. The van der Waals surface area contributed by atoms with Crippen molar-refractivity contribution in [3.63, 3.8) is 0 Å². The van der Waals surface area contributed by atoms with Gasteiger partial charge < -0.3 is 14.6 Å². The number of hydrogen-bond donors (Lipinski definition) is 1. The van der Waals surface area contributed by atoms with Crippen LogP contribution in [-0.4, -0.2) is 17.8 Å². The predicted octanol–water partition coefficient (Wildman–Crippen LogP) is 7.63. The molecule has 3 aromatic carbocycles. The third-order valence-electron chi connectivity index (χ3n) is 6.77. The van der Waals surface area contributed by atoms with Gasteiger partial charge in [0.05, 0.1) is 18.8 Å². The Balaban J connectivity index is 1.34. The van der Waals surface area contributed by atoms with Crippen molar-refractivity contribution in [2.24, 2.45) is 0 Å². The number of hydrogen-bond acceptors (Lipinski definition) is 3. The molecule has 0 heterocycles. The lowest BCUT2D eigenvalue weighted by molar-refractivity contribution is 0.0130. The highest BCUT2D eigenvalue weighted by atomic mass is 19.2. The Bertz CT molecular complexity index is 1180. The monoisotopic (exact) mass is 496 g/mol. The van der Waals surface area contributed by atoms with E-state index in [1.807, 2.05) is 0 Å². The van der Waals surface area contributed by atoms with E-state index >= 15 is 4.39 Å². The standard InChI is InChI=1S/C30H31F3O3/c1-3-16-35-28-15-4-20(17-27(28)31)18-36-24-11-9-23(10-12-24)26-14-13-25(29(32)30(26)33)22-7-5-21(6-8-22)19(2)34/h3-8,13-15,17,19,23-24,34H,1,9-12,16,18H2,2H3. The normalized spacial score (nSPS) is 18.6. The Morgan fingerprint density at radius 3 is 2.33 bits per heavy atom. The highest BCUT2D eigenvalue weighted by molar-refractivity contribution is 5.65. The van der Waals surface area contributed by atoms with Gasteiger partial charge in [0.1, 0.15) is 6.61 Å². The third-order valence-corrected chi connectivity index (χ3v) is 6.77. The minimum atomic E-state index is -0.849. The van der Waals surface area contributed by atoms with Gasteiger partial charge in [0.25, 0.3) is 0 Å². The summed E-state index contributed by atoms with van der Waals surface area (Å²) in [5.41, 5.74) is 2.60. The van der Waals surface area contributed by atoms with Gasteiger partial charge in [-0.2, -0.15) is 0 Å². The lowest BCUT2D eigenvalue weighted by atomic mass is 9.82. The molecule has 0 aromatic heterocycles. The summed E-state index contributed by atoms with van der Waals surface area (Å²) < 4.78 is 55.4. The summed E-state index contributed by atoms with van der Waals surface area (Å²) in [7, 11) is 0.